The highest BCUT2D eigenvalue weighted by Crippen LogP contribution is 2.57. The predicted molar refractivity (Wildman–Crippen MR) is 160 cm³/mol. The van der Waals surface area contributed by atoms with Gasteiger partial charge in [-0.25, -0.2) is 18.1 Å². The summed E-state index contributed by atoms with van der Waals surface area (Å²) < 4.78 is 37.0. The van der Waals surface area contributed by atoms with E-state index in [1.165, 1.54) is 29.5 Å². The van der Waals surface area contributed by atoms with E-state index in [9.17, 15) is 18.3 Å². The van der Waals surface area contributed by atoms with Gasteiger partial charge >= 0.3 is 0 Å². The van der Waals surface area contributed by atoms with E-state index in [2.05, 4.69) is 10.0 Å². The molecule has 1 aromatic heterocycles. The van der Waals surface area contributed by atoms with Crippen molar-refractivity contribution in [2.75, 3.05) is 19.8 Å². The summed E-state index contributed by atoms with van der Waals surface area (Å²) in [6.07, 6.45) is 1.66. The average molecular weight is 606 g/mol. The quantitative estimate of drug-likeness (QED) is 0.129. The van der Waals surface area contributed by atoms with Crippen LogP contribution in [0.5, 0.6) is 0 Å². The van der Waals surface area contributed by atoms with Crippen molar-refractivity contribution in [2.24, 2.45) is 11.1 Å². The van der Waals surface area contributed by atoms with Crippen LogP contribution < -0.4 is 15.8 Å². The number of rotatable bonds is 11. The highest BCUT2D eigenvalue weighted by Gasteiger charge is 2.62. The number of hydrogen-bond acceptors (Lipinski definition) is 8. The molecule has 3 aliphatic rings. The van der Waals surface area contributed by atoms with Gasteiger partial charge in [0.05, 0.1) is 40.0 Å². The van der Waals surface area contributed by atoms with Crippen molar-refractivity contribution >= 4 is 43.3 Å². The molecule has 2 saturated heterocycles. The van der Waals surface area contributed by atoms with Crippen LogP contribution in [0.4, 0.5) is 0 Å². The number of ether oxygens (including phenoxy) is 1. The number of hydrogen-bond donors (Lipinski definition) is 5. The summed E-state index contributed by atoms with van der Waals surface area (Å²) in [5, 5.41) is 20.8. The van der Waals surface area contributed by atoms with Crippen LogP contribution in [0.3, 0.4) is 0 Å². The Kier molecular flexibility index (Phi) is 7.36. The Morgan fingerprint density at radius 2 is 1.86 bits per heavy atom. The van der Waals surface area contributed by atoms with Crippen LogP contribution >= 0.6 is 11.3 Å². The summed E-state index contributed by atoms with van der Waals surface area (Å²) in [4.78, 5) is 17.7. The molecule has 3 aromatic carbocycles. The van der Waals surface area contributed by atoms with Gasteiger partial charge in [0, 0.05) is 23.1 Å². The molecule has 0 radical (unpaired) electrons. The van der Waals surface area contributed by atoms with Gasteiger partial charge in [0.2, 0.25) is 10.0 Å². The molecule has 2 bridgehead atoms. The third-order valence-corrected chi connectivity index (χ3v) is 10.6. The summed E-state index contributed by atoms with van der Waals surface area (Å²) in [5.74, 6) is -0.477. The van der Waals surface area contributed by atoms with Gasteiger partial charge in [-0.2, -0.15) is 0 Å². The summed E-state index contributed by atoms with van der Waals surface area (Å²) >= 11 is 1.41. The van der Waals surface area contributed by atoms with Gasteiger partial charge in [0.15, 0.2) is 0 Å². The number of nitrogens with zero attached hydrogens (tertiary/aromatic N) is 1. The zero-order valence-corrected chi connectivity index (χ0v) is 24.3. The number of thiazole rings is 1. The number of amidine groups is 1. The maximum Gasteiger partial charge on any atom is 0.251 e. The first-order valence-corrected chi connectivity index (χ1v) is 15.8. The Balaban J connectivity index is 1.23. The van der Waals surface area contributed by atoms with Gasteiger partial charge in [-0.1, -0.05) is 36.4 Å². The number of carbonyl (C=O) groups excluding carboxylic acids is 1. The summed E-state index contributed by atoms with van der Waals surface area (Å²) in [6.45, 7) is 0.839. The van der Waals surface area contributed by atoms with Crippen molar-refractivity contribution in [3.05, 3.63) is 94.5 Å². The van der Waals surface area contributed by atoms with Crippen molar-refractivity contribution in [2.45, 2.75) is 35.8 Å². The predicted octanol–water partition coefficient (Wildman–Crippen LogP) is 3.11. The molecule has 1 saturated carbocycles. The summed E-state index contributed by atoms with van der Waals surface area (Å²) in [6, 6.07) is 19.9. The van der Waals surface area contributed by atoms with Gasteiger partial charge in [0.1, 0.15) is 10.8 Å². The molecule has 6 N–H and O–H groups in total. The topological polar surface area (TPSA) is 167 Å². The molecule has 1 unspecified atom stereocenters. The van der Waals surface area contributed by atoms with Crippen molar-refractivity contribution in [3.63, 3.8) is 0 Å². The van der Waals surface area contributed by atoms with E-state index < -0.39 is 27.6 Å². The molecule has 1 aliphatic carbocycles. The summed E-state index contributed by atoms with van der Waals surface area (Å²) in [7, 11) is -4.08. The lowest BCUT2D eigenvalue weighted by Crippen LogP contribution is -2.52. The average Bonchev–Trinajstić information content (AvgIpc) is 3.68. The molecule has 3 fully saturated rings. The monoisotopic (exact) mass is 605 g/mol. The third-order valence-electron chi connectivity index (χ3n) is 7.98. The molecule has 42 heavy (non-hydrogen) atoms. The molecular weight excluding hydrogens is 574 g/mol. The molecule has 12 heteroatoms. The molecule has 10 nitrogen and oxygen atoms in total. The molecule has 0 spiro atoms. The zero-order chi connectivity index (χ0) is 29.5. The molecule has 2 aliphatic heterocycles. The van der Waals surface area contributed by atoms with E-state index in [1.54, 1.807) is 24.3 Å². The highest BCUT2D eigenvalue weighted by atomic mass is 32.2. The van der Waals surface area contributed by atoms with E-state index in [0.29, 0.717) is 36.6 Å². The first-order valence-electron chi connectivity index (χ1n) is 13.5. The molecule has 218 valence electrons. The Hall–Kier alpha value is -3.68. The normalized spacial score (nSPS) is 22.0. The van der Waals surface area contributed by atoms with Gasteiger partial charge in [0.25, 0.3) is 5.91 Å². The van der Waals surface area contributed by atoms with Crippen LogP contribution in [0.25, 0.3) is 10.2 Å². The SMILES string of the molecule is N=C(N)c1cccc(CC(NS(=O)(=O)c2cccc(C(=O)NCC34CC(CO)(CO3)C4)c2)c2nc3ccccc3s2)c1. The number of fused-ring (bicyclic) bond motifs is 2. The van der Waals surface area contributed by atoms with Crippen LogP contribution in [0.2, 0.25) is 0 Å². The largest absolute Gasteiger partial charge is 0.396 e. The van der Waals surface area contributed by atoms with Crippen molar-refractivity contribution in [1.29, 1.82) is 5.41 Å². The number of benzene rings is 3. The molecule has 4 aromatic rings. The Morgan fingerprint density at radius 1 is 1.10 bits per heavy atom. The van der Waals surface area contributed by atoms with Gasteiger partial charge in [-0.05, 0) is 61.2 Å². The molecule has 7 rings (SSSR count). The number of aliphatic hydroxyl groups excluding tert-OH is 1. The standard InChI is InChI=1S/C30H31N5O5S2/c31-26(32)20-6-3-5-19(11-20)12-24(28-34-23-9-1-2-10-25(23)41-28)35-42(38,39)22-8-4-7-21(13-22)27(37)33-16-30-14-29(15-30,17-36)18-40-30/h1-11,13,24,35-36H,12,14-18H2,(H3,31,32)(H,33,37). The number of nitrogens with one attached hydrogen (secondary N) is 3. The number of aliphatic hydroxyl groups is 1. The zero-order valence-electron chi connectivity index (χ0n) is 22.7. The van der Waals surface area contributed by atoms with Crippen LogP contribution in [0, 0.1) is 10.8 Å². The minimum Gasteiger partial charge on any atom is -0.396 e. The van der Waals surface area contributed by atoms with Crippen LogP contribution in [-0.2, 0) is 21.2 Å². The third kappa shape index (κ3) is 5.55. The van der Waals surface area contributed by atoms with Crippen molar-refractivity contribution in [1.82, 2.24) is 15.0 Å². The first kappa shape index (κ1) is 28.4. The van der Waals surface area contributed by atoms with Crippen molar-refractivity contribution in [3.8, 4) is 0 Å². The van der Waals surface area contributed by atoms with Crippen LogP contribution in [0.15, 0.2) is 77.7 Å². The van der Waals surface area contributed by atoms with E-state index in [-0.39, 0.29) is 34.7 Å². The van der Waals surface area contributed by atoms with E-state index in [0.717, 1.165) is 15.8 Å². The number of nitrogens with two attached hydrogens (primary N) is 1. The maximum absolute atomic E-state index is 13.7. The summed E-state index contributed by atoms with van der Waals surface area (Å²) in [5.41, 5.74) is 7.34. The van der Waals surface area contributed by atoms with E-state index >= 15 is 0 Å². The Labute approximate surface area is 247 Å². The van der Waals surface area contributed by atoms with Gasteiger partial charge in [-0.15, -0.1) is 11.3 Å². The number of carbonyl (C=O) groups is 1. The smallest absolute Gasteiger partial charge is 0.251 e. The number of sulfonamides is 1. The minimum atomic E-state index is -4.08. The first-order chi connectivity index (χ1) is 20.1. The van der Waals surface area contributed by atoms with Crippen LogP contribution in [0.1, 0.15) is 45.4 Å². The number of para-hydroxylation sites is 1. The fourth-order valence-electron chi connectivity index (χ4n) is 5.88. The number of nitrogen functional groups attached to an aromatic ring is 1. The molecule has 1 amide bonds. The molecule has 3 heterocycles. The molecule has 1 atom stereocenters. The fraction of sp³-hybridized carbons (Fsp3) is 0.300. The number of aromatic nitrogens is 1. The van der Waals surface area contributed by atoms with Crippen molar-refractivity contribution < 1.29 is 23.1 Å². The second kappa shape index (κ2) is 10.9. The van der Waals surface area contributed by atoms with E-state index in [4.69, 9.17) is 20.9 Å². The fourth-order valence-corrected chi connectivity index (χ4v) is 8.22. The number of amides is 1. The van der Waals surface area contributed by atoms with Crippen LogP contribution in [-0.4, -0.2) is 55.6 Å². The van der Waals surface area contributed by atoms with Gasteiger partial charge in [-0.3, -0.25) is 10.2 Å². The minimum absolute atomic E-state index is 0.0445. The lowest BCUT2D eigenvalue weighted by atomic mass is 9.63. The van der Waals surface area contributed by atoms with Gasteiger partial charge < -0.3 is 20.9 Å². The van der Waals surface area contributed by atoms with E-state index in [1.807, 2.05) is 30.3 Å². The second-order valence-corrected chi connectivity index (χ2v) is 14.0. The molecular formula is C30H31N5O5S2. The highest BCUT2D eigenvalue weighted by molar-refractivity contribution is 7.89. The maximum atomic E-state index is 13.7. The Bertz CT molecular complexity index is 1750. The second-order valence-electron chi connectivity index (χ2n) is 11.2. The lowest BCUT2D eigenvalue weighted by molar-refractivity contribution is -0.0256. The lowest BCUT2D eigenvalue weighted by Gasteiger charge is -2.43. The Morgan fingerprint density at radius 3 is 2.60 bits per heavy atom.